The summed E-state index contributed by atoms with van der Waals surface area (Å²) >= 11 is 7.39. The van der Waals surface area contributed by atoms with Gasteiger partial charge in [0.15, 0.2) is 11.5 Å². The van der Waals surface area contributed by atoms with Crippen LogP contribution in [0.4, 0.5) is 0 Å². The molecule has 2 aromatic carbocycles. The Morgan fingerprint density at radius 3 is 2.57 bits per heavy atom. The van der Waals surface area contributed by atoms with Crippen LogP contribution in [0.3, 0.4) is 0 Å². The maximum absolute atomic E-state index is 13.3. The molecule has 0 aliphatic carbocycles. The summed E-state index contributed by atoms with van der Waals surface area (Å²) in [5.41, 5.74) is 5.69. The van der Waals surface area contributed by atoms with E-state index in [0.29, 0.717) is 26.9 Å². The zero-order valence-corrected chi connectivity index (χ0v) is 21.0. The van der Waals surface area contributed by atoms with Gasteiger partial charge in [0.2, 0.25) is 0 Å². The summed E-state index contributed by atoms with van der Waals surface area (Å²) in [7, 11) is 1.50. The van der Waals surface area contributed by atoms with Crippen molar-refractivity contribution in [3.63, 3.8) is 0 Å². The molecule has 0 fully saturated rings. The van der Waals surface area contributed by atoms with Gasteiger partial charge in [0.25, 0.3) is 5.56 Å². The van der Waals surface area contributed by atoms with Gasteiger partial charge in [-0.25, -0.2) is 0 Å². The molecule has 4 rings (SSSR count). The van der Waals surface area contributed by atoms with E-state index in [2.05, 4.69) is 5.10 Å². The number of aromatic nitrogens is 2. The van der Waals surface area contributed by atoms with Crippen LogP contribution in [0.25, 0.3) is 26.2 Å². The average Bonchev–Trinajstić information content (AvgIpc) is 3.28. The summed E-state index contributed by atoms with van der Waals surface area (Å²) in [6, 6.07) is 14.5. The molecule has 8 nitrogen and oxygen atoms in total. The lowest BCUT2D eigenvalue weighted by Crippen LogP contribution is -2.37. The maximum Gasteiger partial charge on any atom is 0.320 e. The molecule has 35 heavy (non-hydrogen) atoms. The van der Waals surface area contributed by atoms with E-state index in [4.69, 9.17) is 31.5 Å². The van der Waals surface area contributed by atoms with Crippen molar-refractivity contribution in [2.45, 2.75) is 19.4 Å². The summed E-state index contributed by atoms with van der Waals surface area (Å²) in [5.74, 6) is 0.322. The first-order valence-corrected chi connectivity index (χ1v) is 11.9. The van der Waals surface area contributed by atoms with Crippen LogP contribution in [0.2, 0.25) is 5.02 Å². The van der Waals surface area contributed by atoms with Gasteiger partial charge in [0.05, 0.1) is 25.5 Å². The Morgan fingerprint density at radius 1 is 1.14 bits per heavy atom. The van der Waals surface area contributed by atoms with Gasteiger partial charge in [0, 0.05) is 21.4 Å². The topological polar surface area (TPSA) is 106 Å². The Morgan fingerprint density at radius 2 is 1.89 bits per heavy atom. The molecule has 10 heteroatoms. The summed E-state index contributed by atoms with van der Waals surface area (Å²) < 4.78 is 18.5. The molecule has 0 amide bonds. The first-order valence-electron chi connectivity index (χ1n) is 10.7. The zero-order chi connectivity index (χ0) is 25.2. The van der Waals surface area contributed by atoms with E-state index in [0.717, 1.165) is 15.8 Å². The van der Waals surface area contributed by atoms with Crippen molar-refractivity contribution in [2.75, 3.05) is 20.3 Å². The number of carbonyl (C=O) groups is 1. The minimum atomic E-state index is -0.884. The third-order valence-corrected chi connectivity index (χ3v) is 6.55. The predicted molar refractivity (Wildman–Crippen MR) is 137 cm³/mol. The van der Waals surface area contributed by atoms with Crippen molar-refractivity contribution in [2.24, 2.45) is 5.73 Å². The van der Waals surface area contributed by atoms with Crippen molar-refractivity contribution < 1.29 is 19.0 Å². The van der Waals surface area contributed by atoms with Gasteiger partial charge < -0.3 is 19.9 Å². The van der Waals surface area contributed by atoms with Crippen molar-refractivity contribution in [3.8, 4) is 27.6 Å². The number of ether oxygens (including phenoxy) is 3. The fourth-order valence-electron chi connectivity index (χ4n) is 3.42. The minimum absolute atomic E-state index is 0.0846. The lowest BCUT2D eigenvalue weighted by molar-refractivity contribution is -0.157. The molecule has 0 aliphatic heterocycles. The first kappa shape index (κ1) is 24.7. The third-order valence-electron chi connectivity index (χ3n) is 5.11. The Bertz CT molecular complexity index is 1430. The van der Waals surface area contributed by atoms with Crippen LogP contribution < -0.4 is 20.8 Å². The molecule has 0 spiro atoms. The number of hydrogen-bond donors (Lipinski definition) is 1. The second-order valence-corrected chi connectivity index (χ2v) is 9.81. The van der Waals surface area contributed by atoms with Crippen LogP contribution in [-0.4, -0.2) is 41.6 Å². The average molecular weight is 514 g/mol. The molecule has 2 heterocycles. The molecule has 2 aromatic heterocycles. The molecule has 0 aliphatic rings. The lowest BCUT2D eigenvalue weighted by Gasteiger charge is -2.25. The van der Waals surface area contributed by atoms with Crippen LogP contribution >= 0.6 is 22.9 Å². The highest BCUT2D eigenvalue weighted by molar-refractivity contribution is 7.22. The van der Waals surface area contributed by atoms with Crippen LogP contribution in [0.1, 0.15) is 13.8 Å². The second-order valence-electron chi connectivity index (χ2n) is 8.33. The molecule has 182 valence electrons. The molecular formula is C25H24ClN3O5S. The number of methoxy groups -OCH3 is 1. The molecule has 0 radical (unpaired) electrons. The first-order chi connectivity index (χ1) is 16.7. The zero-order valence-electron chi connectivity index (χ0n) is 19.4. The number of carbonyl (C=O) groups excluding carboxylic acids is 1. The Labute approximate surface area is 210 Å². The van der Waals surface area contributed by atoms with E-state index in [1.165, 1.54) is 23.1 Å². The molecule has 0 atom stereocenters. The summed E-state index contributed by atoms with van der Waals surface area (Å²) in [4.78, 5) is 25.7. The summed E-state index contributed by atoms with van der Waals surface area (Å²) in [6.07, 6.45) is 1.66. The largest absolute Gasteiger partial charge is 0.493 e. The van der Waals surface area contributed by atoms with Gasteiger partial charge in [-0.2, -0.15) is 9.78 Å². The van der Waals surface area contributed by atoms with Crippen LogP contribution in [-0.2, 0) is 9.53 Å². The molecule has 0 saturated heterocycles. The second kappa shape index (κ2) is 10.1. The van der Waals surface area contributed by atoms with E-state index < -0.39 is 11.6 Å². The number of rotatable bonds is 8. The number of hydrogen-bond acceptors (Lipinski definition) is 8. The van der Waals surface area contributed by atoms with Gasteiger partial charge in [0.1, 0.15) is 16.9 Å². The Hall–Kier alpha value is -3.40. The molecule has 0 bridgehead atoms. The number of nitrogens with two attached hydrogens (primary N) is 1. The van der Waals surface area contributed by atoms with Gasteiger partial charge in [-0.05, 0) is 49.7 Å². The highest BCUT2D eigenvalue weighted by Crippen LogP contribution is 2.33. The molecule has 4 aromatic rings. The minimum Gasteiger partial charge on any atom is -0.493 e. The SMILES string of the molecule is COc1cc(-n2ncc3cc(-c4ccc(Cl)cc4)sc3c2=O)ccc1OCC(C)(C)OC(=O)CN. The molecular weight excluding hydrogens is 490 g/mol. The van der Waals surface area contributed by atoms with Crippen LogP contribution in [0, 0.1) is 0 Å². The van der Waals surface area contributed by atoms with E-state index in [-0.39, 0.29) is 18.7 Å². The standard InChI is InChI=1S/C25H24ClN3O5S/c1-25(2,34-22(30)12-27)14-33-19-9-8-18(11-20(19)32-3)29-24(31)23-16(13-28-29)10-21(35-23)15-4-6-17(26)7-5-15/h4-11,13H,12,14,27H2,1-3H3. The highest BCUT2D eigenvalue weighted by Gasteiger charge is 2.24. The number of nitrogens with zero attached hydrogens (tertiary/aromatic N) is 2. The number of halogens is 1. The Balaban J connectivity index is 1.62. The maximum atomic E-state index is 13.3. The van der Waals surface area contributed by atoms with Gasteiger partial charge in [-0.3, -0.25) is 9.59 Å². The quantitative estimate of drug-likeness (QED) is 0.347. The predicted octanol–water partition coefficient (Wildman–Crippen LogP) is 4.44. The van der Waals surface area contributed by atoms with Gasteiger partial charge in [-0.15, -0.1) is 11.3 Å². The van der Waals surface area contributed by atoms with Gasteiger partial charge in [-0.1, -0.05) is 23.7 Å². The van der Waals surface area contributed by atoms with Crippen molar-refractivity contribution in [1.82, 2.24) is 9.78 Å². The third kappa shape index (κ3) is 5.48. The number of fused-ring (bicyclic) bond motifs is 1. The highest BCUT2D eigenvalue weighted by atomic mass is 35.5. The van der Waals surface area contributed by atoms with E-state index in [9.17, 15) is 9.59 Å². The van der Waals surface area contributed by atoms with E-state index in [1.54, 1.807) is 38.2 Å². The number of esters is 1. The summed E-state index contributed by atoms with van der Waals surface area (Å²) in [6.45, 7) is 3.32. The van der Waals surface area contributed by atoms with Crippen LogP contribution in [0.15, 0.2) is 59.5 Å². The molecule has 0 unspecified atom stereocenters. The van der Waals surface area contributed by atoms with Crippen molar-refractivity contribution in [3.05, 3.63) is 70.1 Å². The molecule has 0 saturated carbocycles. The smallest absolute Gasteiger partial charge is 0.320 e. The number of benzene rings is 2. The van der Waals surface area contributed by atoms with Crippen molar-refractivity contribution >= 4 is 39.0 Å². The van der Waals surface area contributed by atoms with E-state index in [1.807, 2.05) is 30.3 Å². The van der Waals surface area contributed by atoms with Crippen LogP contribution in [0.5, 0.6) is 11.5 Å². The number of thiophene rings is 1. The monoisotopic (exact) mass is 513 g/mol. The van der Waals surface area contributed by atoms with Gasteiger partial charge >= 0.3 is 5.97 Å². The fraction of sp³-hybridized carbons (Fsp3) is 0.240. The molecule has 2 N–H and O–H groups in total. The van der Waals surface area contributed by atoms with Crippen molar-refractivity contribution in [1.29, 1.82) is 0 Å². The normalized spacial score (nSPS) is 11.5. The fourth-order valence-corrected chi connectivity index (χ4v) is 4.60. The van der Waals surface area contributed by atoms with E-state index >= 15 is 0 Å². The summed E-state index contributed by atoms with van der Waals surface area (Å²) in [5, 5.41) is 5.77. The Kier molecular flexibility index (Phi) is 7.11. The lowest BCUT2D eigenvalue weighted by atomic mass is 10.1.